The van der Waals surface area contributed by atoms with Crippen LogP contribution in [0.1, 0.15) is 50.0 Å². The van der Waals surface area contributed by atoms with E-state index in [2.05, 4.69) is 4.90 Å². The molecule has 5 heterocycles. The first-order valence-corrected chi connectivity index (χ1v) is 17.4. The number of phenolic OH excluding ortho intramolecular Hbond substituents is 1. The molecule has 11 nitrogen and oxygen atoms in total. The van der Waals surface area contributed by atoms with Crippen molar-refractivity contribution in [1.82, 2.24) is 4.90 Å². The van der Waals surface area contributed by atoms with Crippen LogP contribution in [0, 0.1) is 16.9 Å². The summed E-state index contributed by atoms with van der Waals surface area (Å²) >= 11 is 13.9. The fourth-order valence-corrected chi connectivity index (χ4v) is 8.37. The Morgan fingerprint density at radius 3 is 2.42 bits per heavy atom. The predicted molar refractivity (Wildman–Crippen MR) is 185 cm³/mol. The number of piperidine rings is 3. The Bertz CT molecular complexity index is 1900. The summed E-state index contributed by atoms with van der Waals surface area (Å²) in [6, 6.07) is 10.7. The second-order valence-corrected chi connectivity index (χ2v) is 14.2. The molecule has 1 amide bonds. The van der Waals surface area contributed by atoms with Crippen LogP contribution in [0.4, 0.5) is 14.9 Å². The quantitative estimate of drug-likeness (QED) is 0.125. The van der Waals surface area contributed by atoms with Crippen LogP contribution in [0.5, 0.6) is 17.2 Å². The number of thiophene rings is 1. The van der Waals surface area contributed by atoms with Crippen molar-refractivity contribution in [3.63, 3.8) is 0 Å². The maximum absolute atomic E-state index is 15.4. The number of carbonyl (C=O) groups excluding carboxylic acids is 1. The Morgan fingerprint density at radius 1 is 1.10 bits per heavy atom. The van der Waals surface area contributed by atoms with Gasteiger partial charge in [-0.05, 0) is 79.7 Å². The van der Waals surface area contributed by atoms with Crippen LogP contribution in [0.25, 0.3) is 0 Å². The molecule has 7 rings (SSSR count). The number of pyridine rings is 1. The molecule has 2 atom stereocenters. The molecule has 264 valence electrons. The number of rotatable bonds is 11. The number of hydrogen-bond donors (Lipinski definition) is 2. The fourth-order valence-electron chi connectivity index (χ4n) is 6.73. The minimum atomic E-state index is -1.23. The van der Waals surface area contributed by atoms with E-state index in [1.807, 2.05) is 0 Å². The van der Waals surface area contributed by atoms with Gasteiger partial charge in [0, 0.05) is 22.9 Å². The molecule has 0 spiro atoms. The number of methoxy groups -OCH3 is 2. The van der Waals surface area contributed by atoms with Crippen molar-refractivity contribution >= 4 is 52.3 Å². The Morgan fingerprint density at radius 2 is 1.80 bits per heavy atom. The first kappa shape index (κ1) is 35.5. The number of ether oxygens (including phenoxy) is 3. The molecule has 2 aromatic heterocycles. The minimum Gasteiger partial charge on any atom is -0.619 e. The zero-order valence-corrected chi connectivity index (χ0v) is 29.4. The third-order valence-electron chi connectivity index (χ3n) is 9.29. The molecule has 3 saturated heterocycles. The van der Waals surface area contributed by atoms with E-state index in [1.165, 1.54) is 32.4 Å². The van der Waals surface area contributed by atoms with E-state index in [0.717, 1.165) is 54.6 Å². The SMILES string of the molecule is COc1ccc([C@H](Cc2c(Cl)c[n+]([O-])cc2Cl)c2cc(CN(C(=O)O[C@H]3CN4CCC3CC4)c3cccc(O)c3F)sc2C(=O)O)cc1OC. The number of benzene rings is 2. The number of anilines is 1. The molecule has 3 aliphatic rings. The van der Waals surface area contributed by atoms with Crippen molar-refractivity contribution in [3.8, 4) is 17.2 Å². The van der Waals surface area contributed by atoms with Gasteiger partial charge in [0.2, 0.25) is 0 Å². The van der Waals surface area contributed by atoms with Gasteiger partial charge < -0.3 is 29.6 Å². The summed E-state index contributed by atoms with van der Waals surface area (Å²) in [5.74, 6) is -2.56. The topological polar surface area (TPSA) is 136 Å². The van der Waals surface area contributed by atoms with E-state index < -0.39 is 29.5 Å². The molecule has 15 heteroatoms. The highest BCUT2D eigenvalue weighted by Crippen LogP contribution is 2.42. The summed E-state index contributed by atoms with van der Waals surface area (Å²) in [7, 11) is 2.97. The number of amides is 1. The second-order valence-electron chi connectivity index (χ2n) is 12.2. The lowest BCUT2D eigenvalue weighted by Crippen LogP contribution is -2.53. The number of carboxylic acid groups (broad SMARTS) is 1. The van der Waals surface area contributed by atoms with Crippen LogP contribution in [-0.4, -0.2) is 67.1 Å². The average Bonchev–Trinajstić information content (AvgIpc) is 3.52. The molecule has 2 N–H and O–H groups in total. The van der Waals surface area contributed by atoms with Crippen molar-refractivity contribution in [2.45, 2.75) is 37.8 Å². The minimum absolute atomic E-state index is 0.0380. The van der Waals surface area contributed by atoms with Crippen LogP contribution in [0.3, 0.4) is 0 Å². The van der Waals surface area contributed by atoms with Gasteiger partial charge >= 0.3 is 12.1 Å². The highest BCUT2D eigenvalue weighted by Gasteiger charge is 2.38. The molecule has 3 aliphatic heterocycles. The first-order chi connectivity index (χ1) is 24.0. The number of carboxylic acids is 1. The lowest BCUT2D eigenvalue weighted by Gasteiger charge is -2.44. The Hall–Kier alpha value is -4.30. The highest BCUT2D eigenvalue weighted by molar-refractivity contribution is 7.14. The van der Waals surface area contributed by atoms with Gasteiger partial charge in [0.15, 0.2) is 35.5 Å². The third-order valence-corrected chi connectivity index (χ3v) is 11.1. The van der Waals surface area contributed by atoms with E-state index in [4.69, 9.17) is 37.4 Å². The molecule has 0 saturated carbocycles. The zero-order chi connectivity index (χ0) is 35.7. The van der Waals surface area contributed by atoms with Gasteiger partial charge in [0.05, 0.1) is 26.5 Å². The Balaban J connectivity index is 1.42. The molecular formula is C35H34Cl2FN3O8S. The molecular weight excluding hydrogens is 712 g/mol. The van der Waals surface area contributed by atoms with Crippen molar-refractivity contribution in [2.75, 3.05) is 38.8 Å². The third kappa shape index (κ3) is 7.27. The van der Waals surface area contributed by atoms with Gasteiger partial charge in [-0.1, -0.05) is 35.3 Å². The summed E-state index contributed by atoms with van der Waals surface area (Å²) in [4.78, 5) is 30.3. The fraction of sp³-hybridized carbons (Fsp3) is 0.343. The van der Waals surface area contributed by atoms with Gasteiger partial charge in [-0.25, -0.2) is 14.0 Å². The average molecular weight is 747 g/mol. The maximum atomic E-state index is 15.4. The number of fused-ring (bicyclic) bond motifs is 3. The van der Waals surface area contributed by atoms with Crippen molar-refractivity contribution < 1.29 is 43.1 Å². The number of aromatic carboxylic acids is 1. The number of aromatic hydroxyl groups is 1. The van der Waals surface area contributed by atoms with Gasteiger partial charge in [-0.3, -0.25) is 9.80 Å². The van der Waals surface area contributed by atoms with Crippen LogP contribution >= 0.6 is 34.5 Å². The van der Waals surface area contributed by atoms with Crippen molar-refractivity contribution in [3.05, 3.63) is 102 Å². The number of halogens is 3. The van der Waals surface area contributed by atoms with E-state index in [0.29, 0.717) is 44.3 Å². The largest absolute Gasteiger partial charge is 0.619 e. The number of carbonyl (C=O) groups is 2. The van der Waals surface area contributed by atoms with E-state index in [1.54, 1.807) is 24.3 Å². The standard InChI is InChI=1S/C35H34Cl2FN3O8S/c1-47-29-7-6-20(12-30(29)48-2)22(14-24-25(36)16-40(46)17-26(24)37)23-13-21(50-33(23)34(43)44)15-41(27-4-3-5-28(42)32(27)38)35(45)49-31-18-39-10-8-19(31)9-11-39/h3-7,12-13,16-17,19,22,31,42H,8-11,14-15,18H2,1-2H3,(H,43,44)/t22-,31-/m0/s1. The predicted octanol–water partition coefficient (Wildman–Crippen LogP) is 6.86. The van der Waals surface area contributed by atoms with Gasteiger partial charge in [-0.15, -0.1) is 11.3 Å². The summed E-state index contributed by atoms with van der Waals surface area (Å²) in [6.07, 6.45) is 2.97. The Kier molecular flexibility index (Phi) is 10.6. The zero-order valence-electron chi connectivity index (χ0n) is 27.1. The van der Waals surface area contributed by atoms with Gasteiger partial charge in [-0.2, -0.15) is 4.73 Å². The summed E-state index contributed by atoms with van der Waals surface area (Å²) in [5.41, 5.74) is 1.18. The van der Waals surface area contributed by atoms with E-state index >= 15 is 4.39 Å². The number of phenols is 1. The number of hydrogen-bond acceptors (Lipinski definition) is 9. The van der Waals surface area contributed by atoms with Crippen LogP contribution < -0.4 is 19.1 Å². The normalized spacial score (nSPS) is 18.8. The second kappa shape index (κ2) is 14.9. The van der Waals surface area contributed by atoms with Gasteiger partial charge in [0.25, 0.3) is 0 Å². The lowest BCUT2D eigenvalue weighted by atomic mass is 9.85. The van der Waals surface area contributed by atoms with Crippen molar-refractivity contribution in [1.29, 1.82) is 0 Å². The Labute approximate surface area is 301 Å². The molecule has 4 aromatic rings. The molecule has 0 aliphatic carbocycles. The van der Waals surface area contributed by atoms with Crippen molar-refractivity contribution in [2.24, 2.45) is 5.92 Å². The molecule has 0 radical (unpaired) electrons. The van der Waals surface area contributed by atoms with Crippen LogP contribution in [0.2, 0.25) is 10.0 Å². The van der Waals surface area contributed by atoms with E-state index in [9.17, 15) is 25.0 Å². The van der Waals surface area contributed by atoms with Crippen LogP contribution in [-0.2, 0) is 17.7 Å². The number of nitrogens with zero attached hydrogens (tertiary/aromatic N) is 3. The maximum Gasteiger partial charge on any atom is 0.415 e. The first-order valence-electron chi connectivity index (χ1n) is 15.8. The summed E-state index contributed by atoms with van der Waals surface area (Å²) in [6.45, 7) is 2.17. The lowest BCUT2D eigenvalue weighted by molar-refractivity contribution is -0.605. The monoisotopic (exact) mass is 745 g/mol. The smallest absolute Gasteiger partial charge is 0.415 e. The summed E-state index contributed by atoms with van der Waals surface area (Å²) in [5, 5.41) is 32.9. The molecule has 3 fully saturated rings. The molecule has 0 unspecified atom stereocenters. The highest BCUT2D eigenvalue weighted by atomic mass is 35.5. The molecule has 50 heavy (non-hydrogen) atoms. The molecule has 2 bridgehead atoms. The van der Waals surface area contributed by atoms with Gasteiger partial charge in [0.1, 0.15) is 21.0 Å². The van der Waals surface area contributed by atoms with Crippen LogP contribution in [0.15, 0.2) is 54.9 Å². The summed E-state index contributed by atoms with van der Waals surface area (Å²) < 4.78 is 32.8. The van der Waals surface area contributed by atoms with E-state index in [-0.39, 0.29) is 45.6 Å². The number of aromatic nitrogens is 1. The molecule has 2 aromatic carbocycles.